The van der Waals surface area contributed by atoms with Gasteiger partial charge in [0.15, 0.2) is 0 Å². The van der Waals surface area contributed by atoms with Crippen LogP contribution in [0.15, 0.2) is 11.6 Å². The van der Waals surface area contributed by atoms with E-state index in [-0.39, 0.29) is 6.04 Å². The first-order valence-electron chi connectivity index (χ1n) is 6.28. The van der Waals surface area contributed by atoms with Crippen molar-refractivity contribution in [2.24, 2.45) is 5.92 Å². The molecule has 2 heterocycles. The van der Waals surface area contributed by atoms with Crippen molar-refractivity contribution in [2.45, 2.75) is 51.4 Å². The number of allylic oxidation sites excluding steroid dienone is 1. The fraction of sp³-hybridized carbons (Fsp3) is 0.846. The Morgan fingerprint density at radius 3 is 2.81 bits per heavy atom. The molecule has 2 saturated heterocycles. The molecule has 0 aromatic rings. The lowest BCUT2D eigenvalue weighted by Gasteiger charge is -2.46. The minimum absolute atomic E-state index is 0.131. The molecule has 0 radical (unpaired) electrons. The normalized spacial score (nSPS) is 43.0. The summed E-state index contributed by atoms with van der Waals surface area (Å²) in [6, 6.07) is 0.131. The van der Waals surface area contributed by atoms with Crippen molar-refractivity contribution in [1.29, 1.82) is 0 Å². The minimum Gasteiger partial charge on any atom is -0.386 e. The van der Waals surface area contributed by atoms with Gasteiger partial charge >= 0.3 is 0 Å². The molecule has 0 amide bonds. The van der Waals surface area contributed by atoms with Gasteiger partial charge in [0, 0.05) is 12.6 Å². The van der Waals surface area contributed by atoms with Crippen LogP contribution in [0, 0.1) is 5.92 Å². The third-order valence-electron chi connectivity index (χ3n) is 3.88. The second kappa shape index (κ2) is 4.13. The summed E-state index contributed by atoms with van der Waals surface area (Å²) in [6.07, 6.45) is 3.52. The number of hydrogen-bond acceptors (Lipinski definition) is 3. The van der Waals surface area contributed by atoms with Gasteiger partial charge in [-0.05, 0) is 37.8 Å². The predicted molar refractivity (Wildman–Crippen MR) is 64.1 cm³/mol. The van der Waals surface area contributed by atoms with Gasteiger partial charge in [0.1, 0.15) is 11.7 Å². The van der Waals surface area contributed by atoms with Crippen molar-refractivity contribution in [3.05, 3.63) is 11.6 Å². The predicted octanol–water partition coefficient (Wildman–Crippen LogP) is 1.16. The summed E-state index contributed by atoms with van der Waals surface area (Å²) in [5, 5.41) is 20.7. The maximum atomic E-state index is 10.5. The number of aliphatic hydroxyl groups is 2. The van der Waals surface area contributed by atoms with E-state index < -0.39 is 11.7 Å². The van der Waals surface area contributed by atoms with Crippen molar-refractivity contribution < 1.29 is 10.2 Å². The second-order valence-electron chi connectivity index (χ2n) is 5.74. The Bertz CT molecular complexity index is 296. The van der Waals surface area contributed by atoms with Gasteiger partial charge in [-0.15, -0.1) is 0 Å². The van der Waals surface area contributed by atoms with Gasteiger partial charge in [0.05, 0.1) is 0 Å². The zero-order chi connectivity index (χ0) is 11.9. The van der Waals surface area contributed by atoms with Gasteiger partial charge < -0.3 is 10.2 Å². The fourth-order valence-electron chi connectivity index (χ4n) is 3.13. The molecule has 92 valence electrons. The number of rotatable bonds is 1. The number of aliphatic hydroxyl groups excluding tert-OH is 1. The maximum absolute atomic E-state index is 10.5. The van der Waals surface area contributed by atoms with Crippen LogP contribution in [0.2, 0.25) is 0 Å². The largest absolute Gasteiger partial charge is 0.386 e. The molecule has 0 aliphatic carbocycles. The van der Waals surface area contributed by atoms with Crippen LogP contribution in [0.1, 0.15) is 33.6 Å². The highest BCUT2D eigenvalue weighted by Gasteiger charge is 2.49. The van der Waals surface area contributed by atoms with E-state index in [1.54, 1.807) is 6.92 Å². The Morgan fingerprint density at radius 1 is 1.50 bits per heavy atom. The van der Waals surface area contributed by atoms with E-state index in [1.807, 2.05) is 0 Å². The lowest BCUT2D eigenvalue weighted by Crippen LogP contribution is -2.61. The highest BCUT2D eigenvalue weighted by Crippen LogP contribution is 2.37. The molecule has 0 spiro atoms. The Hall–Kier alpha value is -0.380. The molecule has 2 N–H and O–H groups in total. The molecular formula is C13H23NO2. The molecule has 3 nitrogen and oxygen atoms in total. The van der Waals surface area contributed by atoms with Crippen LogP contribution in [0.5, 0.6) is 0 Å². The van der Waals surface area contributed by atoms with Crippen molar-refractivity contribution >= 4 is 0 Å². The molecule has 2 fully saturated rings. The lowest BCUT2D eigenvalue weighted by atomic mass is 9.80. The first-order chi connectivity index (χ1) is 7.43. The van der Waals surface area contributed by atoms with E-state index in [0.717, 1.165) is 31.5 Å². The number of hydrogen-bond donors (Lipinski definition) is 2. The van der Waals surface area contributed by atoms with E-state index in [2.05, 4.69) is 24.8 Å². The summed E-state index contributed by atoms with van der Waals surface area (Å²) in [5.41, 5.74) is -0.00620. The summed E-state index contributed by atoms with van der Waals surface area (Å²) >= 11 is 0. The molecule has 2 aliphatic rings. The van der Waals surface area contributed by atoms with Gasteiger partial charge in [0.2, 0.25) is 0 Å². The topological polar surface area (TPSA) is 43.7 Å². The first kappa shape index (κ1) is 12.1. The lowest BCUT2D eigenvalue weighted by molar-refractivity contribution is -0.110. The number of piperidine rings is 1. The van der Waals surface area contributed by atoms with Crippen LogP contribution in [0.4, 0.5) is 0 Å². The van der Waals surface area contributed by atoms with Crippen LogP contribution in [-0.2, 0) is 0 Å². The molecule has 0 saturated carbocycles. The van der Waals surface area contributed by atoms with E-state index in [9.17, 15) is 10.2 Å². The van der Waals surface area contributed by atoms with E-state index >= 15 is 0 Å². The monoisotopic (exact) mass is 225 g/mol. The zero-order valence-electron chi connectivity index (χ0n) is 10.5. The van der Waals surface area contributed by atoms with Gasteiger partial charge in [-0.25, -0.2) is 0 Å². The van der Waals surface area contributed by atoms with E-state index in [0.29, 0.717) is 5.92 Å². The van der Waals surface area contributed by atoms with Crippen molar-refractivity contribution in [3.63, 3.8) is 0 Å². The average Bonchev–Trinajstić information content (AvgIpc) is 2.62. The summed E-state index contributed by atoms with van der Waals surface area (Å²) in [7, 11) is 0. The average molecular weight is 225 g/mol. The van der Waals surface area contributed by atoms with Crippen LogP contribution >= 0.6 is 0 Å². The molecule has 3 atom stereocenters. The molecule has 2 aliphatic heterocycles. The van der Waals surface area contributed by atoms with Gasteiger partial charge in [-0.2, -0.15) is 0 Å². The third kappa shape index (κ3) is 1.92. The summed E-state index contributed by atoms with van der Waals surface area (Å²) in [5.74, 6) is 0.416. The van der Waals surface area contributed by atoms with Crippen LogP contribution in [0.3, 0.4) is 0 Å². The standard InChI is InChI=1S/C13H23NO2/c1-9(2)7-10-8-14-6-4-5-11(14)13(3,16)12(10)15/h7,9,11-12,15-16H,4-6,8H2,1-3H3. The fourth-order valence-corrected chi connectivity index (χ4v) is 3.13. The van der Waals surface area contributed by atoms with Gasteiger partial charge in [-0.3, -0.25) is 4.90 Å². The molecule has 16 heavy (non-hydrogen) atoms. The number of nitrogens with zero attached hydrogens (tertiary/aromatic N) is 1. The quantitative estimate of drug-likeness (QED) is 0.658. The van der Waals surface area contributed by atoms with Crippen LogP contribution in [-0.4, -0.2) is 45.9 Å². The maximum Gasteiger partial charge on any atom is 0.107 e. The Labute approximate surface area is 97.8 Å². The van der Waals surface area contributed by atoms with Gasteiger partial charge in [0.25, 0.3) is 0 Å². The van der Waals surface area contributed by atoms with Crippen molar-refractivity contribution in [3.8, 4) is 0 Å². The molecule has 0 bridgehead atoms. The Morgan fingerprint density at radius 2 is 2.19 bits per heavy atom. The molecule has 3 heteroatoms. The number of fused-ring (bicyclic) bond motifs is 1. The van der Waals surface area contributed by atoms with Gasteiger partial charge in [-0.1, -0.05) is 19.9 Å². The minimum atomic E-state index is -0.991. The SMILES string of the molecule is CC(C)C=C1CN2CCCC2C(C)(O)C1O. The smallest absolute Gasteiger partial charge is 0.107 e. The third-order valence-corrected chi connectivity index (χ3v) is 3.88. The summed E-state index contributed by atoms with van der Waals surface area (Å²) < 4.78 is 0. The molecule has 3 unspecified atom stereocenters. The van der Waals surface area contributed by atoms with Crippen molar-refractivity contribution in [2.75, 3.05) is 13.1 Å². The Balaban J connectivity index is 2.26. The Kier molecular flexibility index (Phi) is 3.12. The summed E-state index contributed by atoms with van der Waals surface area (Å²) in [4.78, 5) is 2.31. The molecular weight excluding hydrogens is 202 g/mol. The van der Waals surface area contributed by atoms with Crippen molar-refractivity contribution in [1.82, 2.24) is 4.90 Å². The summed E-state index contributed by atoms with van der Waals surface area (Å²) in [6.45, 7) is 7.84. The van der Waals surface area contributed by atoms with Crippen LogP contribution in [0.25, 0.3) is 0 Å². The zero-order valence-corrected chi connectivity index (χ0v) is 10.5. The van der Waals surface area contributed by atoms with E-state index in [1.165, 1.54) is 0 Å². The molecule has 0 aromatic carbocycles. The highest BCUT2D eigenvalue weighted by molar-refractivity contribution is 5.23. The van der Waals surface area contributed by atoms with E-state index in [4.69, 9.17) is 0 Å². The molecule has 0 aromatic heterocycles. The second-order valence-corrected chi connectivity index (χ2v) is 5.74. The highest BCUT2D eigenvalue weighted by atomic mass is 16.3. The van der Waals surface area contributed by atoms with Crippen LogP contribution < -0.4 is 0 Å². The first-order valence-corrected chi connectivity index (χ1v) is 6.28. The molecule has 2 rings (SSSR count).